The van der Waals surface area contributed by atoms with E-state index in [1.165, 1.54) is 0 Å². The number of carbonyl (C=O) groups is 2. The van der Waals surface area contributed by atoms with Crippen molar-refractivity contribution in [3.05, 3.63) is 29.6 Å². The molecule has 0 radical (unpaired) electrons. The number of likely N-dealkylation sites (tertiary alicyclic amines) is 2. The lowest BCUT2D eigenvalue weighted by atomic mass is 9.97. The molecule has 1 aromatic carbocycles. The summed E-state index contributed by atoms with van der Waals surface area (Å²) in [5.74, 6) is -0.694. The number of benzene rings is 1. The summed E-state index contributed by atoms with van der Waals surface area (Å²) in [5, 5.41) is 12.6. The van der Waals surface area contributed by atoms with Gasteiger partial charge in [0.25, 0.3) is 0 Å². The Balaban J connectivity index is 1.10. The summed E-state index contributed by atoms with van der Waals surface area (Å²) >= 11 is 0. The van der Waals surface area contributed by atoms with E-state index in [9.17, 15) is 14.9 Å². The molecule has 1 aromatic rings. The van der Waals surface area contributed by atoms with Gasteiger partial charge in [-0.1, -0.05) is 6.07 Å². The van der Waals surface area contributed by atoms with Crippen LogP contribution in [0.2, 0.25) is 0 Å². The first-order valence-electron chi connectivity index (χ1n) is 14.7. The number of halogens is 1. The summed E-state index contributed by atoms with van der Waals surface area (Å²) in [6.07, 6.45) is 4.16. The highest BCUT2D eigenvalue weighted by molar-refractivity contribution is 5.87. The summed E-state index contributed by atoms with van der Waals surface area (Å²) < 4.78 is 26.3. The van der Waals surface area contributed by atoms with Crippen LogP contribution in [0.4, 0.5) is 14.9 Å². The summed E-state index contributed by atoms with van der Waals surface area (Å²) in [6, 6.07) is 7.16. The van der Waals surface area contributed by atoms with E-state index in [-0.39, 0.29) is 30.1 Å². The maximum absolute atomic E-state index is 15.4. The van der Waals surface area contributed by atoms with Gasteiger partial charge >= 0.3 is 6.09 Å². The molecule has 216 valence electrons. The van der Waals surface area contributed by atoms with Gasteiger partial charge in [-0.15, -0.1) is 0 Å². The lowest BCUT2D eigenvalue weighted by Gasteiger charge is -2.38. The lowest BCUT2D eigenvalue weighted by molar-refractivity contribution is -0.128. The van der Waals surface area contributed by atoms with E-state index in [1.807, 2.05) is 6.07 Å². The molecule has 2 amide bonds. The van der Waals surface area contributed by atoms with Gasteiger partial charge in [0, 0.05) is 43.3 Å². The number of rotatable bonds is 6. The van der Waals surface area contributed by atoms with Crippen molar-refractivity contribution in [3.63, 3.8) is 0 Å². The van der Waals surface area contributed by atoms with Crippen LogP contribution in [-0.2, 0) is 20.7 Å². The van der Waals surface area contributed by atoms with Gasteiger partial charge in [0.1, 0.15) is 23.5 Å². The zero-order chi connectivity index (χ0) is 28.2. The molecule has 5 fully saturated rings. The number of hydrogen-bond donors (Lipinski definition) is 1. The Morgan fingerprint density at radius 3 is 2.60 bits per heavy atom. The van der Waals surface area contributed by atoms with Gasteiger partial charge in [-0.2, -0.15) is 5.26 Å². The Hall–Kier alpha value is -2.90. The van der Waals surface area contributed by atoms with Gasteiger partial charge in [0.15, 0.2) is 0 Å². The van der Waals surface area contributed by atoms with Crippen LogP contribution in [0, 0.1) is 23.1 Å². The molecule has 1 aliphatic carbocycles. The molecule has 40 heavy (non-hydrogen) atoms. The van der Waals surface area contributed by atoms with E-state index in [1.54, 1.807) is 37.8 Å². The van der Waals surface area contributed by atoms with Gasteiger partial charge in [-0.3, -0.25) is 14.6 Å². The molecule has 4 saturated heterocycles. The summed E-state index contributed by atoms with van der Waals surface area (Å²) in [6.45, 7) is 8.97. The van der Waals surface area contributed by atoms with Crippen molar-refractivity contribution in [2.75, 3.05) is 31.2 Å². The first kappa shape index (κ1) is 27.3. The van der Waals surface area contributed by atoms with E-state index >= 15 is 4.39 Å². The maximum atomic E-state index is 15.4. The fourth-order valence-electron chi connectivity index (χ4n) is 7.60. The number of ether oxygens (including phenoxy) is 2. The molecule has 6 atom stereocenters. The Labute approximate surface area is 235 Å². The highest BCUT2D eigenvalue weighted by Gasteiger charge is 2.53. The topological polar surface area (TPSA) is 98.1 Å². The molecule has 6 rings (SSSR count). The fraction of sp³-hybridized carbons (Fsp3) is 0.700. The third kappa shape index (κ3) is 5.03. The number of piperidine rings is 1. The quantitative estimate of drug-likeness (QED) is 0.578. The van der Waals surface area contributed by atoms with Crippen molar-refractivity contribution in [3.8, 4) is 6.07 Å². The van der Waals surface area contributed by atoms with Gasteiger partial charge in [0.05, 0.1) is 25.3 Å². The molecular formula is C30H40FN5O4. The molecule has 2 unspecified atom stereocenters. The molecule has 5 aliphatic rings. The van der Waals surface area contributed by atoms with Crippen molar-refractivity contribution >= 4 is 17.7 Å². The summed E-state index contributed by atoms with van der Waals surface area (Å²) in [7, 11) is 0. The minimum absolute atomic E-state index is 0.0275. The van der Waals surface area contributed by atoms with Gasteiger partial charge in [0.2, 0.25) is 5.91 Å². The molecule has 0 aromatic heterocycles. The molecule has 10 heteroatoms. The number of anilines is 1. The molecule has 2 bridgehead atoms. The maximum Gasteiger partial charge on any atom is 0.411 e. The smallest absolute Gasteiger partial charge is 0.411 e. The Kier molecular flexibility index (Phi) is 7.16. The molecule has 9 nitrogen and oxygen atoms in total. The largest absolute Gasteiger partial charge is 0.444 e. The lowest BCUT2D eigenvalue weighted by Crippen LogP contribution is -2.55. The van der Waals surface area contributed by atoms with Crippen molar-refractivity contribution in [1.82, 2.24) is 15.1 Å². The zero-order valence-electron chi connectivity index (χ0n) is 23.6. The zero-order valence-corrected chi connectivity index (χ0v) is 23.6. The minimum atomic E-state index is -0.906. The second kappa shape index (κ2) is 10.5. The third-order valence-electron chi connectivity index (χ3n) is 9.43. The normalized spacial score (nSPS) is 30.6. The van der Waals surface area contributed by atoms with Gasteiger partial charge in [-0.05, 0) is 76.5 Å². The van der Waals surface area contributed by atoms with Crippen LogP contribution < -0.4 is 10.2 Å². The van der Waals surface area contributed by atoms with E-state index in [4.69, 9.17) is 9.47 Å². The third-order valence-corrected chi connectivity index (χ3v) is 9.43. The number of nitriles is 1. The molecule has 4 heterocycles. The standard InChI is InChI=1S/C30H40FN5O4/c1-30(2,3)40-29(38)36-22-7-5-19(13-22)27(36)28(37)33-20(15-32)12-18-4-6-21(14-24(18)31)34-10-8-26-25(34)9-11-35(26)23-16-39-17-23/h4,6,14,19-20,22-23,25-27H,5,7-13,16-17H2,1-3H3,(H,33,37)/t19-,20-,22+,25?,26?,27-/m0/s1. The molecule has 1 N–H and O–H groups in total. The second-order valence-corrected chi connectivity index (χ2v) is 13.1. The number of fused-ring (bicyclic) bond motifs is 3. The van der Waals surface area contributed by atoms with Crippen molar-refractivity contribution in [1.29, 1.82) is 5.26 Å². The van der Waals surface area contributed by atoms with Crippen molar-refractivity contribution in [2.45, 2.75) is 101 Å². The van der Waals surface area contributed by atoms with Gasteiger partial charge in [-0.25, -0.2) is 9.18 Å². The predicted molar refractivity (Wildman–Crippen MR) is 146 cm³/mol. The number of nitrogens with zero attached hydrogens (tertiary/aromatic N) is 4. The monoisotopic (exact) mass is 553 g/mol. The number of hydrogen-bond acceptors (Lipinski definition) is 7. The van der Waals surface area contributed by atoms with Crippen molar-refractivity contribution in [2.24, 2.45) is 5.92 Å². The van der Waals surface area contributed by atoms with Crippen LogP contribution in [-0.4, -0.2) is 90.0 Å². The predicted octanol–water partition coefficient (Wildman–Crippen LogP) is 3.22. The Morgan fingerprint density at radius 1 is 1.15 bits per heavy atom. The first-order chi connectivity index (χ1) is 19.1. The Bertz CT molecular complexity index is 1190. The van der Waals surface area contributed by atoms with Crippen LogP contribution in [0.3, 0.4) is 0 Å². The van der Waals surface area contributed by atoms with Crippen LogP contribution in [0.15, 0.2) is 18.2 Å². The van der Waals surface area contributed by atoms with E-state index in [2.05, 4.69) is 21.2 Å². The highest BCUT2D eigenvalue weighted by atomic mass is 19.1. The van der Waals surface area contributed by atoms with Crippen LogP contribution >= 0.6 is 0 Å². The molecule has 0 spiro atoms. The number of amides is 2. The highest BCUT2D eigenvalue weighted by Crippen LogP contribution is 2.43. The molecule has 1 saturated carbocycles. The SMILES string of the molecule is CC(C)(C)OC(=O)N1[C@@H]2CC[C@@H](C2)[C@H]1C(=O)N[C@H](C#N)Cc1ccc(N2CCC3C2CCN3C2COC2)cc1F. The Morgan fingerprint density at radius 2 is 1.93 bits per heavy atom. The molecular weight excluding hydrogens is 513 g/mol. The van der Waals surface area contributed by atoms with Crippen LogP contribution in [0.25, 0.3) is 0 Å². The number of nitrogens with one attached hydrogen (secondary N) is 1. The van der Waals surface area contributed by atoms with E-state index in [0.717, 1.165) is 64.1 Å². The first-order valence-corrected chi connectivity index (χ1v) is 14.7. The summed E-state index contributed by atoms with van der Waals surface area (Å²) in [5.41, 5.74) is 0.591. The van der Waals surface area contributed by atoms with E-state index < -0.39 is 23.8 Å². The fourth-order valence-corrected chi connectivity index (χ4v) is 7.60. The van der Waals surface area contributed by atoms with E-state index in [0.29, 0.717) is 23.7 Å². The average molecular weight is 554 g/mol. The summed E-state index contributed by atoms with van der Waals surface area (Å²) in [4.78, 5) is 32.8. The average Bonchev–Trinajstić information content (AvgIpc) is 3.64. The second-order valence-electron chi connectivity index (χ2n) is 13.1. The number of carbonyl (C=O) groups excluding carboxylic acids is 2. The van der Waals surface area contributed by atoms with Gasteiger partial charge < -0.3 is 19.7 Å². The van der Waals surface area contributed by atoms with Crippen molar-refractivity contribution < 1.29 is 23.5 Å². The molecule has 4 aliphatic heterocycles. The van der Waals surface area contributed by atoms with Crippen LogP contribution in [0.1, 0.15) is 58.4 Å². The van der Waals surface area contributed by atoms with Crippen LogP contribution in [0.5, 0.6) is 0 Å². The minimum Gasteiger partial charge on any atom is -0.444 e.